The van der Waals surface area contributed by atoms with Gasteiger partial charge in [-0.15, -0.1) is 0 Å². The van der Waals surface area contributed by atoms with Gasteiger partial charge in [0.1, 0.15) is 0 Å². The van der Waals surface area contributed by atoms with E-state index in [4.69, 9.17) is 0 Å². The zero-order valence-corrected chi connectivity index (χ0v) is 7.99. The zero-order valence-electron chi connectivity index (χ0n) is 7.99. The molecule has 0 radical (unpaired) electrons. The van der Waals surface area contributed by atoms with Gasteiger partial charge in [0.15, 0.2) is 0 Å². The quantitative estimate of drug-likeness (QED) is 0.681. The van der Waals surface area contributed by atoms with E-state index in [-0.39, 0.29) is 0 Å². The average molecular weight is 185 g/mol. The van der Waals surface area contributed by atoms with Crippen molar-refractivity contribution in [3.8, 4) is 0 Å². The highest BCUT2D eigenvalue weighted by atomic mass is 15.3. The molecule has 0 unspecified atom stereocenters. The summed E-state index contributed by atoms with van der Waals surface area (Å²) >= 11 is 0. The first-order valence-electron chi connectivity index (χ1n) is 4.68. The SMILES string of the molecule is CN1CNc2cc3ncccc3cc21. The standard InChI is InChI=1S/C11H11N3/c1-14-7-13-10-6-9-8(5-11(10)14)3-2-4-12-9/h2-6,13H,7H2,1H3. The van der Waals surface area contributed by atoms with E-state index in [0.717, 1.165) is 12.2 Å². The molecule has 3 rings (SSSR count). The maximum Gasteiger partial charge on any atom is 0.0874 e. The summed E-state index contributed by atoms with van der Waals surface area (Å²) in [5.74, 6) is 0. The summed E-state index contributed by atoms with van der Waals surface area (Å²) in [6, 6.07) is 8.34. The molecule has 2 heterocycles. The van der Waals surface area contributed by atoms with Gasteiger partial charge in [0.25, 0.3) is 0 Å². The largest absolute Gasteiger partial charge is 0.366 e. The minimum Gasteiger partial charge on any atom is -0.366 e. The average Bonchev–Trinajstić information content (AvgIpc) is 2.57. The van der Waals surface area contributed by atoms with Crippen LogP contribution in [0.4, 0.5) is 11.4 Å². The van der Waals surface area contributed by atoms with Crippen LogP contribution in [0.25, 0.3) is 10.9 Å². The van der Waals surface area contributed by atoms with Gasteiger partial charge in [-0.2, -0.15) is 0 Å². The van der Waals surface area contributed by atoms with Crippen LogP contribution in [0.5, 0.6) is 0 Å². The minimum atomic E-state index is 0.881. The van der Waals surface area contributed by atoms with E-state index in [1.165, 1.54) is 16.8 Å². The Morgan fingerprint density at radius 1 is 1.43 bits per heavy atom. The van der Waals surface area contributed by atoms with Crippen molar-refractivity contribution in [2.24, 2.45) is 0 Å². The summed E-state index contributed by atoms with van der Waals surface area (Å²) < 4.78 is 0. The Morgan fingerprint density at radius 3 is 3.29 bits per heavy atom. The van der Waals surface area contributed by atoms with Crippen molar-refractivity contribution in [3.63, 3.8) is 0 Å². The normalized spacial score (nSPS) is 14.2. The number of anilines is 2. The fraction of sp³-hybridized carbons (Fsp3) is 0.182. The molecule has 0 amide bonds. The van der Waals surface area contributed by atoms with E-state index in [0.29, 0.717) is 0 Å². The van der Waals surface area contributed by atoms with Crippen molar-refractivity contribution < 1.29 is 0 Å². The van der Waals surface area contributed by atoms with Crippen LogP contribution in [-0.2, 0) is 0 Å². The second kappa shape index (κ2) is 2.61. The molecule has 0 bridgehead atoms. The molecule has 0 saturated heterocycles. The van der Waals surface area contributed by atoms with Crippen LogP contribution < -0.4 is 10.2 Å². The third kappa shape index (κ3) is 0.954. The lowest BCUT2D eigenvalue weighted by Crippen LogP contribution is -2.15. The molecule has 0 fully saturated rings. The lowest BCUT2D eigenvalue weighted by atomic mass is 10.2. The summed E-state index contributed by atoms with van der Waals surface area (Å²) in [6.45, 7) is 0.881. The highest BCUT2D eigenvalue weighted by Gasteiger charge is 2.15. The van der Waals surface area contributed by atoms with Crippen LogP contribution >= 0.6 is 0 Å². The van der Waals surface area contributed by atoms with Gasteiger partial charge in [-0.3, -0.25) is 4.98 Å². The third-order valence-electron chi connectivity index (χ3n) is 2.64. The van der Waals surface area contributed by atoms with Crippen LogP contribution in [0.1, 0.15) is 0 Å². The Labute approximate surface area is 82.4 Å². The van der Waals surface area contributed by atoms with Gasteiger partial charge in [-0.25, -0.2) is 0 Å². The number of fused-ring (bicyclic) bond motifs is 2. The summed E-state index contributed by atoms with van der Waals surface area (Å²) in [6.07, 6.45) is 1.83. The molecule has 0 aliphatic carbocycles. The van der Waals surface area contributed by atoms with Crippen molar-refractivity contribution in [1.82, 2.24) is 4.98 Å². The monoisotopic (exact) mass is 185 g/mol. The van der Waals surface area contributed by atoms with Crippen LogP contribution in [0.3, 0.4) is 0 Å². The van der Waals surface area contributed by atoms with E-state index < -0.39 is 0 Å². The molecule has 0 saturated carbocycles. The first kappa shape index (κ1) is 7.62. The molecule has 1 N–H and O–H groups in total. The number of nitrogens with one attached hydrogen (secondary N) is 1. The lowest BCUT2D eigenvalue weighted by Gasteiger charge is -2.09. The van der Waals surface area contributed by atoms with E-state index >= 15 is 0 Å². The topological polar surface area (TPSA) is 28.2 Å². The molecule has 1 aromatic carbocycles. The van der Waals surface area contributed by atoms with Crippen LogP contribution in [-0.4, -0.2) is 18.7 Å². The fourth-order valence-electron chi connectivity index (χ4n) is 1.85. The number of hydrogen-bond acceptors (Lipinski definition) is 3. The summed E-state index contributed by atoms with van der Waals surface area (Å²) in [5, 5.41) is 4.52. The van der Waals surface area contributed by atoms with Crippen LogP contribution in [0.15, 0.2) is 30.5 Å². The van der Waals surface area contributed by atoms with Crippen LogP contribution in [0, 0.1) is 0 Å². The first-order valence-corrected chi connectivity index (χ1v) is 4.68. The molecule has 1 aliphatic rings. The van der Waals surface area contributed by atoms with Crippen molar-refractivity contribution in [2.75, 3.05) is 23.9 Å². The lowest BCUT2D eigenvalue weighted by molar-refractivity contribution is 1.04. The van der Waals surface area contributed by atoms with Crippen molar-refractivity contribution >= 4 is 22.3 Å². The van der Waals surface area contributed by atoms with Crippen molar-refractivity contribution in [1.29, 1.82) is 0 Å². The number of nitrogens with zero attached hydrogens (tertiary/aromatic N) is 2. The first-order chi connectivity index (χ1) is 6.84. The number of aromatic nitrogens is 1. The Morgan fingerprint density at radius 2 is 2.36 bits per heavy atom. The van der Waals surface area contributed by atoms with Gasteiger partial charge in [0, 0.05) is 18.6 Å². The number of rotatable bonds is 0. The second-order valence-corrected chi connectivity index (χ2v) is 3.60. The van der Waals surface area contributed by atoms with E-state index in [1.807, 2.05) is 12.3 Å². The van der Waals surface area contributed by atoms with Crippen molar-refractivity contribution in [3.05, 3.63) is 30.5 Å². The maximum absolute atomic E-state index is 4.33. The van der Waals surface area contributed by atoms with Gasteiger partial charge in [-0.05, 0) is 18.2 Å². The number of pyridine rings is 1. The van der Waals surface area contributed by atoms with Crippen LogP contribution in [0.2, 0.25) is 0 Å². The molecule has 1 aliphatic heterocycles. The van der Waals surface area contributed by atoms with Gasteiger partial charge in [0.2, 0.25) is 0 Å². The Bertz CT molecular complexity index is 493. The molecule has 2 aromatic rings. The molecule has 3 heteroatoms. The predicted molar refractivity (Wildman–Crippen MR) is 58.6 cm³/mol. The van der Waals surface area contributed by atoms with E-state index in [2.05, 4.69) is 40.4 Å². The van der Waals surface area contributed by atoms with Gasteiger partial charge < -0.3 is 10.2 Å². The smallest absolute Gasteiger partial charge is 0.0874 e. The van der Waals surface area contributed by atoms with Gasteiger partial charge in [0.05, 0.1) is 23.6 Å². The predicted octanol–water partition coefficient (Wildman–Crippen LogP) is 2.05. The molecule has 0 spiro atoms. The van der Waals surface area contributed by atoms with Gasteiger partial charge >= 0.3 is 0 Å². The number of hydrogen-bond donors (Lipinski definition) is 1. The third-order valence-corrected chi connectivity index (χ3v) is 2.64. The second-order valence-electron chi connectivity index (χ2n) is 3.60. The minimum absolute atomic E-state index is 0.881. The molecule has 0 atom stereocenters. The molecule has 70 valence electrons. The highest BCUT2D eigenvalue weighted by molar-refractivity contribution is 5.91. The molecular formula is C11H11N3. The zero-order chi connectivity index (χ0) is 9.54. The molecular weight excluding hydrogens is 174 g/mol. The number of benzene rings is 1. The molecule has 1 aromatic heterocycles. The summed E-state index contributed by atoms with van der Waals surface area (Å²) in [5.41, 5.74) is 3.48. The Hall–Kier alpha value is -1.77. The van der Waals surface area contributed by atoms with Crippen molar-refractivity contribution in [2.45, 2.75) is 0 Å². The van der Waals surface area contributed by atoms with E-state index in [9.17, 15) is 0 Å². The Balaban J connectivity index is 2.33. The molecule has 14 heavy (non-hydrogen) atoms. The Kier molecular flexibility index (Phi) is 1.42. The maximum atomic E-state index is 4.33. The highest BCUT2D eigenvalue weighted by Crippen LogP contribution is 2.33. The van der Waals surface area contributed by atoms with E-state index in [1.54, 1.807) is 0 Å². The summed E-state index contributed by atoms with van der Waals surface area (Å²) in [7, 11) is 2.08. The molecule has 3 nitrogen and oxygen atoms in total. The summed E-state index contributed by atoms with van der Waals surface area (Å²) in [4.78, 5) is 6.52. The van der Waals surface area contributed by atoms with Gasteiger partial charge in [-0.1, -0.05) is 6.07 Å². The fourth-order valence-corrected chi connectivity index (χ4v) is 1.85.